The molecule has 0 saturated carbocycles. The molecule has 106 valence electrons. The molecule has 0 N–H and O–H groups in total. The maximum Gasteiger partial charge on any atom is 0.290 e. The normalized spacial score (nSPS) is 19.3. The topological polar surface area (TPSA) is 61.2 Å². The van der Waals surface area contributed by atoms with Gasteiger partial charge in [0.15, 0.2) is 0 Å². The van der Waals surface area contributed by atoms with Gasteiger partial charge in [-0.05, 0) is 32.1 Å². The van der Waals surface area contributed by atoms with Crippen LogP contribution in [0.4, 0.5) is 0 Å². The number of hydrogen-bond donors (Lipinski definition) is 0. The van der Waals surface area contributed by atoms with E-state index in [0.717, 1.165) is 25.7 Å². The fourth-order valence-electron chi connectivity index (χ4n) is 2.40. The standard InChI is InChI=1S/C15H24N2O2/c1-4-15(2,3)13(18)14(19)17-11-7-9-12(17)8-5-6-10-16/h12H,4-9,11H2,1-3H3. The van der Waals surface area contributed by atoms with Crippen LogP contribution in [0.25, 0.3) is 0 Å². The number of amides is 1. The van der Waals surface area contributed by atoms with E-state index in [1.807, 2.05) is 20.8 Å². The zero-order valence-electron chi connectivity index (χ0n) is 12.2. The third-order valence-corrected chi connectivity index (χ3v) is 4.16. The quantitative estimate of drug-likeness (QED) is 0.547. The van der Waals surface area contributed by atoms with Crippen LogP contribution in [0.2, 0.25) is 0 Å². The van der Waals surface area contributed by atoms with Crippen LogP contribution in [0, 0.1) is 16.7 Å². The van der Waals surface area contributed by atoms with Gasteiger partial charge in [0.25, 0.3) is 5.91 Å². The van der Waals surface area contributed by atoms with E-state index in [1.165, 1.54) is 0 Å². The van der Waals surface area contributed by atoms with Crippen molar-refractivity contribution in [2.75, 3.05) is 6.54 Å². The van der Waals surface area contributed by atoms with Crippen molar-refractivity contribution < 1.29 is 9.59 Å². The first-order valence-electron chi connectivity index (χ1n) is 7.16. The van der Waals surface area contributed by atoms with E-state index in [1.54, 1.807) is 4.90 Å². The van der Waals surface area contributed by atoms with Crippen molar-refractivity contribution in [2.24, 2.45) is 5.41 Å². The first-order chi connectivity index (χ1) is 8.94. The van der Waals surface area contributed by atoms with Gasteiger partial charge in [0.05, 0.1) is 6.07 Å². The smallest absolute Gasteiger partial charge is 0.290 e. The predicted molar refractivity (Wildman–Crippen MR) is 73.3 cm³/mol. The SMILES string of the molecule is CCC(C)(C)C(=O)C(=O)N1CCCC1CCCC#N. The Morgan fingerprint density at radius 2 is 2.11 bits per heavy atom. The molecular formula is C15H24N2O2. The molecule has 1 unspecified atom stereocenters. The fourth-order valence-corrected chi connectivity index (χ4v) is 2.40. The molecule has 1 rings (SSSR count). The number of carbonyl (C=O) groups excluding carboxylic acids is 2. The predicted octanol–water partition coefficient (Wildman–Crippen LogP) is 2.68. The minimum atomic E-state index is -0.573. The summed E-state index contributed by atoms with van der Waals surface area (Å²) < 4.78 is 0. The summed E-state index contributed by atoms with van der Waals surface area (Å²) in [6.07, 6.45) is 4.74. The Bertz CT molecular complexity index is 382. The van der Waals surface area contributed by atoms with Crippen molar-refractivity contribution >= 4 is 11.7 Å². The first kappa shape index (κ1) is 15.7. The summed E-state index contributed by atoms with van der Waals surface area (Å²) in [5, 5.41) is 8.56. The van der Waals surface area contributed by atoms with Crippen molar-refractivity contribution in [3.8, 4) is 6.07 Å². The van der Waals surface area contributed by atoms with Gasteiger partial charge in [-0.2, -0.15) is 5.26 Å². The molecule has 0 aromatic rings. The van der Waals surface area contributed by atoms with E-state index in [4.69, 9.17) is 5.26 Å². The lowest BCUT2D eigenvalue weighted by molar-refractivity contribution is -0.149. The summed E-state index contributed by atoms with van der Waals surface area (Å²) in [5.74, 6) is -0.603. The van der Waals surface area contributed by atoms with Gasteiger partial charge in [-0.25, -0.2) is 0 Å². The summed E-state index contributed by atoms with van der Waals surface area (Å²) in [5.41, 5.74) is -0.573. The van der Waals surface area contributed by atoms with Gasteiger partial charge in [0, 0.05) is 24.4 Å². The van der Waals surface area contributed by atoms with E-state index in [9.17, 15) is 9.59 Å². The average Bonchev–Trinajstić information content (AvgIpc) is 2.85. The van der Waals surface area contributed by atoms with Crippen molar-refractivity contribution in [3.05, 3.63) is 0 Å². The number of carbonyl (C=O) groups is 2. The van der Waals surface area contributed by atoms with E-state index in [0.29, 0.717) is 19.4 Å². The first-order valence-corrected chi connectivity index (χ1v) is 7.16. The van der Waals surface area contributed by atoms with Gasteiger partial charge < -0.3 is 4.90 Å². The van der Waals surface area contributed by atoms with Crippen molar-refractivity contribution in [3.63, 3.8) is 0 Å². The molecule has 1 amide bonds. The highest BCUT2D eigenvalue weighted by Gasteiger charge is 2.38. The second-order valence-corrected chi connectivity index (χ2v) is 5.91. The van der Waals surface area contributed by atoms with Crippen LogP contribution in [0.1, 0.15) is 59.3 Å². The molecule has 0 aromatic carbocycles. The third kappa shape index (κ3) is 3.79. The van der Waals surface area contributed by atoms with Crippen molar-refractivity contribution in [1.29, 1.82) is 5.26 Å². The van der Waals surface area contributed by atoms with Crippen LogP contribution < -0.4 is 0 Å². The highest BCUT2D eigenvalue weighted by molar-refractivity contribution is 6.38. The molecule has 1 fully saturated rings. The summed E-state index contributed by atoms with van der Waals surface area (Å²) >= 11 is 0. The van der Waals surface area contributed by atoms with Crippen LogP contribution in [0.15, 0.2) is 0 Å². The summed E-state index contributed by atoms with van der Waals surface area (Å²) in [6, 6.07) is 2.27. The van der Waals surface area contributed by atoms with Crippen LogP contribution in [-0.4, -0.2) is 29.2 Å². The lowest BCUT2D eigenvalue weighted by atomic mass is 9.84. The minimum Gasteiger partial charge on any atom is -0.333 e. The number of ketones is 1. The largest absolute Gasteiger partial charge is 0.333 e. The number of nitrogens with zero attached hydrogens (tertiary/aromatic N) is 2. The van der Waals surface area contributed by atoms with Gasteiger partial charge >= 0.3 is 0 Å². The van der Waals surface area contributed by atoms with Gasteiger partial charge in [-0.15, -0.1) is 0 Å². The van der Waals surface area contributed by atoms with Crippen LogP contribution >= 0.6 is 0 Å². The van der Waals surface area contributed by atoms with Gasteiger partial charge in [0.1, 0.15) is 0 Å². The number of Topliss-reactive ketones (excluding diaryl/α,β-unsaturated/α-hetero) is 1. The monoisotopic (exact) mass is 264 g/mol. The van der Waals surface area contributed by atoms with Crippen LogP contribution in [-0.2, 0) is 9.59 Å². The zero-order chi connectivity index (χ0) is 14.5. The van der Waals surface area contributed by atoms with Crippen LogP contribution in [0.3, 0.4) is 0 Å². The highest BCUT2D eigenvalue weighted by Crippen LogP contribution is 2.27. The lowest BCUT2D eigenvalue weighted by Crippen LogP contribution is -2.44. The molecule has 0 bridgehead atoms. The molecule has 1 aliphatic rings. The Hall–Kier alpha value is -1.37. The zero-order valence-corrected chi connectivity index (χ0v) is 12.2. The molecule has 0 radical (unpaired) electrons. The molecule has 1 aliphatic heterocycles. The van der Waals surface area contributed by atoms with E-state index >= 15 is 0 Å². The summed E-state index contributed by atoms with van der Waals surface area (Å²) in [4.78, 5) is 26.3. The van der Waals surface area contributed by atoms with Gasteiger partial charge in [-0.1, -0.05) is 20.8 Å². The van der Waals surface area contributed by atoms with Crippen LogP contribution in [0.5, 0.6) is 0 Å². The number of likely N-dealkylation sites (tertiary alicyclic amines) is 1. The Labute approximate surface area is 115 Å². The molecule has 1 heterocycles. The van der Waals surface area contributed by atoms with E-state index in [2.05, 4.69) is 6.07 Å². The Morgan fingerprint density at radius 3 is 2.68 bits per heavy atom. The Morgan fingerprint density at radius 1 is 1.42 bits per heavy atom. The molecule has 19 heavy (non-hydrogen) atoms. The van der Waals surface area contributed by atoms with E-state index < -0.39 is 5.41 Å². The number of rotatable bonds is 6. The second kappa shape index (κ2) is 6.70. The molecule has 0 aliphatic carbocycles. The van der Waals surface area contributed by atoms with Crippen molar-refractivity contribution in [2.45, 2.75) is 65.3 Å². The lowest BCUT2D eigenvalue weighted by Gasteiger charge is -2.28. The van der Waals surface area contributed by atoms with Gasteiger partial charge in [0.2, 0.25) is 5.78 Å². The number of hydrogen-bond acceptors (Lipinski definition) is 3. The van der Waals surface area contributed by atoms with Crippen molar-refractivity contribution in [1.82, 2.24) is 4.90 Å². The fraction of sp³-hybridized carbons (Fsp3) is 0.800. The third-order valence-electron chi connectivity index (χ3n) is 4.16. The molecular weight excluding hydrogens is 240 g/mol. The molecule has 4 nitrogen and oxygen atoms in total. The molecule has 0 spiro atoms. The number of unbranched alkanes of at least 4 members (excludes halogenated alkanes) is 1. The second-order valence-electron chi connectivity index (χ2n) is 5.91. The Kier molecular flexibility index (Phi) is 5.53. The molecule has 1 atom stereocenters. The van der Waals surface area contributed by atoms with E-state index in [-0.39, 0.29) is 17.7 Å². The Balaban J connectivity index is 2.65. The van der Waals surface area contributed by atoms with Gasteiger partial charge in [-0.3, -0.25) is 9.59 Å². The summed E-state index contributed by atoms with van der Waals surface area (Å²) in [7, 11) is 0. The summed E-state index contributed by atoms with van der Waals surface area (Å²) in [6.45, 7) is 6.27. The molecule has 4 heteroatoms. The minimum absolute atomic E-state index is 0.150. The highest BCUT2D eigenvalue weighted by atomic mass is 16.2. The maximum absolute atomic E-state index is 12.3. The maximum atomic E-state index is 12.3. The average molecular weight is 264 g/mol. The molecule has 1 saturated heterocycles. The number of nitriles is 1. The molecule has 0 aromatic heterocycles.